The molecule has 3 aromatic rings. The predicted molar refractivity (Wildman–Crippen MR) is 111 cm³/mol. The topological polar surface area (TPSA) is 93.2 Å². The van der Waals surface area contributed by atoms with E-state index in [4.69, 9.17) is 4.74 Å². The quantitative estimate of drug-likeness (QED) is 0.538. The molecule has 0 spiro atoms. The first-order chi connectivity index (χ1) is 13.6. The van der Waals surface area contributed by atoms with E-state index in [-0.39, 0.29) is 17.2 Å². The number of hydrogen-bond acceptors (Lipinski definition) is 5. The second-order valence-electron chi connectivity index (χ2n) is 6.37. The maximum atomic E-state index is 12.3. The molecule has 0 aliphatic heterocycles. The second kappa shape index (κ2) is 9.36. The molecule has 0 atom stereocenters. The molecule has 28 heavy (non-hydrogen) atoms. The van der Waals surface area contributed by atoms with Crippen LogP contribution >= 0.6 is 11.3 Å². The third kappa shape index (κ3) is 4.89. The molecule has 7 nitrogen and oxygen atoms in total. The maximum Gasteiger partial charge on any atom is 0.328 e. The van der Waals surface area contributed by atoms with Crippen molar-refractivity contribution in [1.29, 1.82) is 0 Å². The van der Waals surface area contributed by atoms with Gasteiger partial charge in [-0.1, -0.05) is 6.42 Å². The first kappa shape index (κ1) is 19.9. The Morgan fingerprint density at radius 3 is 2.68 bits per heavy atom. The summed E-state index contributed by atoms with van der Waals surface area (Å²) >= 11 is 1.32. The minimum Gasteiger partial charge on any atom is -0.494 e. The highest BCUT2D eigenvalue weighted by atomic mass is 32.1. The van der Waals surface area contributed by atoms with Crippen molar-refractivity contribution in [2.24, 2.45) is 0 Å². The molecule has 0 bridgehead atoms. The van der Waals surface area contributed by atoms with Crippen molar-refractivity contribution in [2.45, 2.75) is 39.2 Å². The molecule has 0 radical (unpaired) electrons. The van der Waals surface area contributed by atoms with Gasteiger partial charge in [-0.3, -0.25) is 14.2 Å². The van der Waals surface area contributed by atoms with Gasteiger partial charge in [0.15, 0.2) is 0 Å². The van der Waals surface area contributed by atoms with Crippen molar-refractivity contribution in [3.63, 3.8) is 0 Å². The van der Waals surface area contributed by atoms with Gasteiger partial charge in [0.05, 0.1) is 12.1 Å². The molecule has 2 N–H and O–H groups in total. The molecule has 148 valence electrons. The van der Waals surface area contributed by atoms with Crippen molar-refractivity contribution in [2.75, 3.05) is 11.9 Å². The highest BCUT2D eigenvalue weighted by molar-refractivity contribution is 7.17. The van der Waals surface area contributed by atoms with E-state index in [0.29, 0.717) is 42.6 Å². The number of anilines is 1. The first-order valence-electron chi connectivity index (χ1n) is 9.31. The van der Waals surface area contributed by atoms with Crippen LogP contribution in [0, 0.1) is 0 Å². The Balaban J connectivity index is 1.43. The molecular weight excluding hydrogens is 378 g/mol. The summed E-state index contributed by atoms with van der Waals surface area (Å²) in [6.45, 7) is 2.87. The van der Waals surface area contributed by atoms with Crippen LogP contribution in [-0.2, 0) is 11.3 Å². The summed E-state index contributed by atoms with van der Waals surface area (Å²) in [5, 5.41) is 4.64. The molecule has 0 aliphatic rings. The Hall–Kier alpha value is -2.87. The standard InChI is InChI=1S/C20H23N3O4S/c1-2-27-15-9-7-14(8-10-15)21-17(24)6-4-3-5-12-23-19(25)18-16(11-13-28-18)22-20(23)26/h7-11,13H,2-6,12H2,1H3,(H,21,24)(H,22,26). The van der Waals surface area contributed by atoms with Gasteiger partial charge in [-0.15, -0.1) is 11.3 Å². The fourth-order valence-corrected chi connectivity index (χ4v) is 3.73. The average Bonchev–Trinajstić information content (AvgIpc) is 3.14. The van der Waals surface area contributed by atoms with Gasteiger partial charge in [0.2, 0.25) is 5.91 Å². The molecule has 1 aromatic carbocycles. The van der Waals surface area contributed by atoms with E-state index in [1.54, 1.807) is 11.4 Å². The van der Waals surface area contributed by atoms with Crippen LogP contribution in [-0.4, -0.2) is 22.1 Å². The van der Waals surface area contributed by atoms with Gasteiger partial charge >= 0.3 is 5.69 Å². The van der Waals surface area contributed by atoms with Gasteiger partial charge in [0.25, 0.3) is 5.56 Å². The lowest BCUT2D eigenvalue weighted by molar-refractivity contribution is -0.116. The summed E-state index contributed by atoms with van der Waals surface area (Å²) in [5.74, 6) is 0.714. The van der Waals surface area contributed by atoms with E-state index in [2.05, 4.69) is 10.3 Å². The van der Waals surface area contributed by atoms with Gasteiger partial charge in [-0.2, -0.15) is 0 Å². The number of carbonyl (C=O) groups is 1. The van der Waals surface area contributed by atoms with Gasteiger partial charge in [-0.05, 0) is 55.5 Å². The van der Waals surface area contributed by atoms with Crippen molar-refractivity contribution >= 4 is 33.1 Å². The summed E-state index contributed by atoms with van der Waals surface area (Å²) in [6, 6.07) is 8.98. The molecule has 1 amide bonds. The lowest BCUT2D eigenvalue weighted by Gasteiger charge is -2.07. The fraction of sp³-hybridized carbons (Fsp3) is 0.350. The number of ether oxygens (including phenoxy) is 1. The normalized spacial score (nSPS) is 10.9. The van der Waals surface area contributed by atoms with Crippen LogP contribution in [0.15, 0.2) is 45.3 Å². The van der Waals surface area contributed by atoms with Crippen LogP contribution in [0.3, 0.4) is 0 Å². The largest absolute Gasteiger partial charge is 0.494 e. The number of unbranched alkanes of at least 4 members (excludes halogenated alkanes) is 2. The van der Waals surface area contributed by atoms with Crippen molar-refractivity contribution in [1.82, 2.24) is 9.55 Å². The third-order valence-corrected chi connectivity index (χ3v) is 5.23. The molecule has 0 fully saturated rings. The smallest absolute Gasteiger partial charge is 0.328 e. The van der Waals surface area contributed by atoms with Crippen LogP contribution in [0.1, 0.15) is 32.6 Å². The number of benzene rings is 1. The minimum atomic E-state index is -0.385. The van der Waals surface area contributed by atoms with Crippen LogP contribution in [0.2, 0.25) is 0 Å². The van der Waals surface area contributed by atoms with Gasteiger partial charge in [0.1, 0.15) is 10.4 Å². The number of aromatic nitrogens is 2. The molecule has 2 heterocycles. The minimum absolute atomic E-state index is 0.0563. The summed E-state index contributed by atoms with van der Waals surface area (Å²) < 4.78 is 7.17. The molecular formula is C20H23N3O4S. The number of nitrogens with zero attached hydrogens (tertiary/aromatic N) is 1. The SMILES string of the molecule is CCOc1ccc(NC(=O)CCCCCn2c(=O)[nH]c3ccsc3c2=O)cc1. The Morgan fingerprint density at radius 1 is 1.14 bits per heavy atom. The Morgan fingerprint density at radius 2 is 1.93 bits per heavy atom. The van der Waals surface area contributed by atoms with E-state index in [1.165, 1.54) is 15.9 Å². The van der Waals surface area contributed by atoms with Gasteiger partial charge in [0, 0.05) is 18.7 Å². The number of nitrogens with one attached hydrogen (secondary N) is 2. The number of rotatable bonds is 9. The van der Waals surface area contributed by atoms with Crippen LogP contribution in [0.5, 0.6) is 5.75 Å². The van der Waals surface area contributed by atoms with E-state index in [9.17, 15) is 14.4 Å². The van der Waals surface area contributed by atoms with Crippen LogP contribution in [0.4, 0.5) is 5.69 Å². The number of thiophene rings is 1. The highest BCUT2D eigenvalue weighted by Crippen LogP contribution is 2.16. The number of H-pyrrole nitrogens is 1. The van der Waals surface area contributed by atoms with Crippen molar-refractivity contribution in [3.05, 3.63) is 56.5 Å². The summed E-state index contributed by atoms with van der Waals surface area (Å²) in [5.41, 5.74) is 0.684. The lowest BCUT2D eigenvalue weighted by Crippen LogP contribution is -2.34. The third-order valence-electron chi connectivity index (χ3n) is 4.33. The van der Waals surface area contributed by atoms with Crippen molar-refractivity contribution < 1.29 is 9.53 Å². The van der Waals surface area contributed by atoms with Gasteiger partial charge in [-0.25, -0.2) is 4.79 Å². The Bertz CT molecular complexity index is 1050. The van der Waals surface area contributed by atoms with E-state index < -0.39 is 0 Å². The van der Waals surface area contributed by atoms with Gasteiger partial charge < -0.3 is 15.0 Å². The number of hydrogen-bond donors (Lipinski definition) is 2. The zero-order chi connectivity index (χ0) is 19.9. The summed E-state index contributed by atoms with van der Waals surface area (Å²) in [4.78, 5) is 39.1. The van der Waals surface area contributed by atoms with E-state index in [1.807, 2.05) is 31.2 Å². The van der Waals surface area contributed by atoms with Crippen LogP contribution in [0.25, 0.3) is 10.2 Å². The first-order valence-corrected chi connectivity index (χ1v) is 10.2. The molecule has 0 aliphatic carbocycles. The Labute approximate surface area is 166 Å². The second-order valence-corrected chi connectivity index (χ2v) is 7.28. The number of carbonyl (C=O) groups excluding carboxylic acids is 1. The van der Waals surface area contributed by atoms with E-state index >= 15 is 0 Å². The zero-order valence-corrected chi connectivity index (χ0v) is 16.5. The highest BCUT2D eigenvalue weighted by Gasteiger charge is 2.08. The maximum absolute atomic E-state index is 12.3. The summed E-state index contributed by atoms with van der Waals surface area (Å²) in [6.07, 6.45) is 2.50. The summed E-state index contributed by atoms with van der Waals surface area (Å²) in [7, 11) is 0. The molecule has 0 saturated heterocycles. The zero-order valence-electron chi connectivity index (χ0n) is 15.7. The molecule has 3 rings (SSSR count). The van der Waals surface area contributed by atoms with E-state index in [0.717, 1.165) is 17.9 Å². The molecule has 0 saturated carbocycles. The number of fused-ring (bicyclic) bond motifs is 1. The number of aromatic amines is 1. The lowest BCUT2D eigenvalue weighted by atomic mass is 10.2. The Kier molecular flexibility index (Phi) is 6.65. The molecule has 0 unspecified atom stereocenters. The van der Waals surface area contributed by atoms with Crippen molar-refractivity contribution in [3.8, 4) is 5.75 Å². The predicted octanol–water partition coefficient (Wildman–Crippen LogP) is 3.35. The average molecular weight is 401 g/mol. The fourth-order valence-electron chi connectivity index (χ4n) is 2.93. The van der Waals surface area contributed by atoms with Crippen LogP contribution < -0.4 is 21.3 Å². The number of amides is 1. The molecule has 8 heteroatoms. The molecule has 2 aromatic heterocycles. The monoisotopic (exact) mass is 401 g/mol.